The Morgan fingerprint density at radius 1 is 0.683 bits per heavy atom. The molecule has 4 fully saturated rings. The summed E-state index contributed by atoms with van der Waals surface area (Å²) in [6.45, 7) is 11.7. The summed E-state index contributed by atoms with van der Waals surface area (Å²) < 4.78 is 0. The van der Waals surface area contributed by atoms with Gasteiger partial charge in [-0.05, 0) is 148 Å². The number of aryl methyl sites for hydroxylation is 1. The Morgan fingerprint density at radius 3 is 1.90 bits per heavy atom. The number of rotatable bonds is 13. The molecule has 6 aromatic rings. The molecule has 60 heavy (non-hydrogen) atoms. The highest BCUT2D eigenvalue weighted by Crippen LogP contribution is 2.71. The van der Waals surface area contributed by atoms with Gasteiger partial charge in [-0.1, -0.05) is 174 Å². The predicted molar refractivity (Wildman–Crippen MR) is 250 cm³/mol. The maximum Gasteiger partial charge on any atom is 0.0991 e. The van der Waals surface area contributed by atoms with Crippen LogP contribution in [0.15, 0.2) is 157 Å². The van der Waals surface area contributed by atoms with Crippen LogP contribution in [0.3, 0.4) is 0 Å². The summed E-state index contributed by atoms with van der Waals surface area (Å²) in [7, 11) is 0. The molecule has 0 spiro atoms. The highest BCUT2D eigenvalue weighted by Gasteiger charge is 2.64. The zero-order chi connectivity index (χ0) is 41.4. The fraction of sp³-hybridized carbons (Fsp3) is 0.345. The van der Waals surface area contributed by atoms with E-state index >= 15 is 0 Å². The maximum atomic E-state index is 9.24. The molecule has 4 saturated carbocycles. The van der Waals surface area contributed by atoms with Crippen molar-refractivity contribution in [1.29, 1.82) is 5.26 Å². The van der Waals surface area contributed by atoms with Gasteiger partial charge in [-0.25, -0.2) is 0 Å². The van der Waals surface area contributed by atoms with Gasteiger partial charge >= 0.3 is 0 Å². The highest BCUT2D eigenvalue weighted by atomic mass is 14.8. The van der Waals surface area contributed by atoms with Gasteiger partial charge in [0.05, 0.1) is 17.7 Å². The molecule has 8 unspecified atom stereocenters. The molecule has 0 N–H and O–H groups in total. The largest absolute Gasteiger partial charge is 0.280 e. The molecule has 0 aliphatic heterocycles. The van der Waals surface area contributed by atoms with E-state index in [1.807, 2.05) is 12.1 Å². The van der Waals surface area contributed by atoms with E-state index in [-0.39, 0.29) is 22.8 Å². The van der Waals surface area contributed by atoms with Gasteiger partial charge in [0.2, 0.25) is 0 Å². The van der Waals surface area contributed by atoms with Crippen LogP contribution in [-0.2, 0) is 10.8 Å². The average molecular weight is 785 g/mol. The first kappa shape index (κ1) is 39.9. The zero-order valence-corrected chi connectivity index (χ0v) is 36.2. The molecule has 6 aromatic carbocycles. The van der Waals surface area contributed by atoms with Crippen molar-refractivity contribution in [3.8, 4) is 28.3 Å². The number of nitrogens with zero attached hydrogens (tertiary/aromatic N) is 2. The Labute approximate surface area is 359 Å². The van der Waals surface area contributed by atoms with Gasteiger partial charge in [0.15, 0.2) is 0 Å². The van der Waals surface area contributed by atoms with Crippen molar-refractivity contribution in [3.05, 3.63) is 191 Å². The van der Waals surface area contributed by atoms with E-state index in [0.29, 0.717) is 17.4 Å². The van der Waals surface area contributed by atoms with E-state index < -0.39 is 0 Å². The van der Waals surface area contributed by atoms with Gasteiger partial charge < -0.3 is 0 Å². The average Bonchev–Trinajstić information content (AvgIpc) is 3.70. The summed E-state index contributed by atoms with van der Waals surface area (Å²) in [6, 6.07) is 58.6. The van der Waals surface area contributed by atoms with Gasteiger partial charge in [0.1, 0.15) is 0 Å². The summed E-state index contributed by atoms with van der Waals surface area (Å²) in [4.78, 5) is 5.72. The number of aliphatic imine (C=N–C) groups is 1. The van der Waals surface area contributed by atoms with E-state index in [9.17, 15) is 5.26 Å². The number of benzene rings is 6. The summed E-state index contributed by atoms with van der Waals surface area (Å²) in [5.41, 5.74) is 15.9. The molecule has 4 bridgehead atoms. The lowest BCUT2D eigenvalue weighted by atomic mass is 9.62. The van der Waals surface area contributed by atoms with Crippen LogP contribution in [0.1, 0.15) is 124 Å². The van der Waals surface area contributed by atoms with E-state index in [2.05, 4.69) is 180 Å². The van der Waals surface area contributed by atoms with Gasteiger partial charge in [-0.15, -0.1) is 0 Å². The Kier molecular flexibility index (Phi) is 11.0. The van der Waals surface area contributed by atoms with Crippen LogP contribution < -0.4 is 0 Å². The Morgan fingerprint density at radius 2 is 1.28 bits per heavy atom. The molecular weight excluding hydrogens is 725 g/mol. The Bertz CT molecular complexity index is 2490. The van der Waals surface area contributed by atoms with Crippen LogP contribution in [0.5, 0.6) is 0 Å². The van der Waals surface area contributed by atoms with Crippen LogP contribution in [0.25, 0.3) is 22.3 Å². The quantitative estimate of drug-likeness (QED) is 0.107. The fourth-order valence-corrected chi connectivity index (χ4v) is 12.4. The van der Waals surface area contributed by atoms with Gasteiger partial charge in [-0.3, -0.25) is 4.99 Å². The Balaban J connectivity index is 0.955. The minimum Gasteiger partial charge on any atom is -0.280 e. The van der Waals surface area contributed by atoms with Crippen molar-refractivity contribution in [2.75, 3.05) is 0 Å². The minimum absolute atomic E-state index is 0.117. The molecule has 0 heterocycles. The summed E-state index contributed by atoms with van der Waals surface area (Å²) in [6.07, 6.45) is 8.72. The van der Waals surface area contributed by atoms with Gasteiger partial charge in [-0.2, -0.15) is 5.26 Å². The molecule has 0 radical (unpaired) electrons. The van der Waals surface area contributed by atoms with E-state index in [1.54, 1.807) is 5.56 Å². The first-order valence-corrected chi connectivity index (χ1v) is 22.7. The molecular formula is C58H60N2. The van der Waals surface area contributed by atoms with Crippen molar-refractivity contribution < 1.29 is 0 Å². The van der Waals surface area contributed by atoms with Crippen LogP contribution in [-0.4, -0.2) is 5.71 Å². The van der Waals surface area contributed by atoms with E-state index in [1.165, 1.54) is 87.9 Å². The third-order valence-electron chi connectivity index (χ3n) is 15.5. The van der Waals surface area contributed by atoms with Crippen molar-refractivity contribution in [2.24, 2.45) is 28.7 Å². The monoisotopic (exact) mass is 784 g/mol. The second-order valence-corrected chi connectivity index (χ2v) is 18.9. The molecule has 302 valence electrons. The molecule has 0 saturated heterocycles. The lowest BCUT2D eigenvalue weighted by Gasteiger charge is -2.42. The first-order valence-electron chi connectivity index (χ1n) is 22.7. The second-order valence-electron chi connectivity index (χ2n) is 18.9. The maximum absolute atomic E-state index is 9.24. The minimum atomic E-state index is 0.117. The first-order chi connectivity index (χ1) is 29.2. The van der Waals surface area contributed by atoms with Gasteiger partial charge in [0, 0.05) is 11.6 Å². The standard InChI is InChI=1S/C58H60N2/c1-6-39(3)55(47-14-10-8-11-15-47)60-56(48-16-12-9-13-17-48)53(7-2)41(5)54-31-26-49(32-40(54)4)46-22-27-50(28-23-46)57-34-43-33-52(36-57)58(35-43,38-57)51-29-24-45(25-30-51)44-20-18-42(37-59)19-21-44/h8-32,39,41,43,52-53,55H,6-7,33-36,38H2,1-5H3/b60-56-. The Hall–Kier alpha value is -5.52. The summed E-state index contributed by atoms with van der Waals surface area (Å²) >= 11 is 0. The van der Waals surface area contributed by atoms with Crippen LogP contribution >= 0.6 is 0 Å². The third kappa shape index (κ3) is 7.25. The molecule has 4 aliphatic carbocycles. The second kappa shape index (κ2) is 16.5. The third-order valence-corrected chi connectivity index (χ3v) is 15.5. The van der Waals surface area contributed by atoms with Crippen molar-refractivity contribution in [2.45, 2.75) is 102 Å². The van der Waals surface area contributed by atoms with Crippen LogP contribution in [0.2, 0.25) is 0 Å². The highest BCUT2D eigenvalue weighted by molar-refractivity contribution is 6.03. The van der Waals surface area contributed by atoms with Crippen molar-refractivity contribution in [3.63, 3.8) is 0 Å². The normalized spacial score (nSPS) is 23.8. The number of hydrogen-bond acceptors (Lipinski definition) is 2. The predicted octanol–water partition coefficient (Wildman–Crippen LogP) is 15.0. The smallest absolute Gasteiger partial charge is 0.0991 e. The lowest BCUT2D eigenvalue weighted by Crippen LogP contribution is -2.35. The molecule has 2 heteroatoms. The van der Waals surface area contributed by atoms with Crippen LogP contribution in [0.4, 0.5) is 0 Å². The van der Waals surface area contributed by atoms with E-state index in [4.69, 9.17) is 4.99 Å². The molecule has 4 aliphatic rings. The molecule has 0 aromatic heterocycles. The molecule has 0 amide bonds. The SMILES string of the molecule is CCC(C)C(/N=C(/c1ccccc1)C(CC)C(C)c1ccc(-c2ccc(C34CC5CC(C3)C(c3ccc(-c6ccc(C#N)cc6)cc3)(C5)C4)cc2)cc1C)c1ccccc1. The number of hydrogen-bond donors (Lipinski definition) is 0. The topological polar surface area (TPSA) is 36.1 Å². The molecule has 10 rings (SSSR count). The summed E-state index contributed by atoms with van der Waals surface area (Å²) in [5, 5.41) is 9.24. The molecule has 2 nitrogen and oxygen atoms in total. The van der Waals surface area contributed by atoms with E-state index in [0.717, 1.165) is 24.7 Å². The summed E-state index contributed by atoms with van der Waals surface area (Å²) in [5.74, 6) is 2.60. The van der Waals surface area contributed by atoms with Crippen molar-refractivity contribution in [1.82, 2.24) is 0 Å². The number of nitriles is 1. The lowest BCUT2D eigenvalue weighted by molar-refractivity contribution is 0.220. The fourth-order valence-electron chi connectivity index (χ4n) is 12.4. The zero-order valence-electron chi connectivity index (χ0n) is 36.2. The van der Waals surface area contributed by atoms with Gasteiger partial charge in [0.25, 0.3) is 0 Å². The molecule has 8 atom stereocenters. The van der Waals surface area contributed by atoms with Crippen LogP contribution in [0, 0.1) is 41.9 Å². The van der Waals surface area contributed by atoms with Crippen molar-refractivity contribution >= 4 is 5.71 Å².